The average molecular weight is 338 g/mol. The lowest BCUT2D eigenvalue weighted by Gasteiger charge is -2.34. The van der Waals surface area contributed by atoms with Gasteiger partial charge in [-0.2, -0.15) is 0 Å². The molecule has 0 radical (unpaired) electrons. The van der Waals surface area contributed by atoms with E-state index in [0.717, 1.165) is 45.3 Å². The minimum atomic E-state index is -0.222. The highest BCUT2D eigenvalue weighted by molar-refractivity contribution is 5.23. The van der Waals surface area contributed by atoms with Gasteiger partial charge >= 0.3 is 0 Å². The highest BCUT2D eigenvalue weighted by atomic mass is 16.3. The summed E-state index contributed by atoms with van der Waals surface area (Å²) in [6.07, 6.45) is 3.66. The number of aliphatic hydroxyl groups is 1. The van der Waals surface area contributed by atoms with E-state index in [1.54, 1.807) is 0 Å². The van der Waals surface area contributed by atoms with Gasteiger partial charge in [-0.1, -0.05) is 54.6 Å². The molecule has 3 rings (SSSR count). The van der Waals surface area contributed by atoms with E-state index >= 15 is 0 Å². The van der Waals surface area contributed by atoms with Gasteiger partial charge in [0.2, 0.25) is 0 Å². The molecule has 25 heavy (non-hydrogen) atoms. The van der Waals surface area contributed by atoms with Crippen molar-refractivity contribution in [3.63, 3.8) is 0 Å². The second kappa shape index (κ2) is 9.14. The predicted octanol–water partition coefficient (Wildman–Crippen LogP) is 3.00. The van der Waals surface area contributed by atoms with Crippen molar-refractivity contribution in [2.24, 2.45) is 11.7 Å². The fourth-order valence-electron chi connectivity index (χ4n) is 3.75. The summed E-state index contributed by atoms with van der Waals surface area (Å²) >= 11 is 0. The summed E-state index contributed by atoms with van der Waals surface area (Å²) in [6.45, 7) is 3.85. The summed E-state index contributed by atoms with van der Waals surface area (Å²) in [5.74, 6) is 0.420. The van der Waals surface area contributed by atoms with Crippen LogP contribution in [0.2, 0.25) is 0 Å². The summed E-state index contributed by atoms with van der Waals surface area (Å²) in [5.41, 5.74) is 9.52. The molecule has 0 unspecified atom stereocenters. The van der Waals surface area contributed by atoms with Gasteiger partial charge in [-0.05, 0) is 67.9 Å². The zero-order chi connectivity index (χ0) is 17.5. The summed E-state index contributed by atoms with van der Waals surface area (Å²) in [6, 6.07) is 19.2. The fraction of sp³-hybridized carbons (Fsp3) is 0.455. The van der Waals surface area contributed by atoms with Crippen LogP contribution in [0.15, 0.2) is 54.6 Å². The standard InChI is InChI=1S/C22H30N2O/c23-13-10-18-6-8-20(9-7-18)17-24-14-11-21(12-15-24)22(25)16-19-4-2-1-3-5-19/h1-9,21-22,25H,10-17,23H2/t22-/m1/s1. The number of piperidine rings is 1. The van der Waals surface area contributed by atoms with E-state index in [4.69, 9.17) is 5.73 Å². The van der Waals surface area contributed by atoms with Gasteiger partial charge in [0.15, 0.2) is 0 Å². The largest absolute Gasteiger partial charge is 0.392 e. The molecule has 1 fully saturated rings. The van der Waals surface area contributed by atoms with E-state index < -0.39 is 0 Å². The first kappa shape index (κ1) is 18.1. The van der Waals surface area contributed by atoms with Crippen LogP contribution in [0, 0.1) is 5.92 Å². The van der Waals surface area contributed by atoms with Crippen molar-refractivity contribution in [3.8, 4) is 0 Å². The van der Waals surface area contributed by atoms with E-state index in [9.17, 15) is 5.11 Å². The Morgan fingerprint density at radius 3 is 2.20 bits per heavy atom. The Morgan fingerprint density at radius 2 is 1.56 bits per heavy atom. The Bertz CT molecular complexity index is 618. The maximum atomic E-state index is 10.6. The van der Waals surface area contributed by atoms with Crippen molar-refractivity contribution < 1.29 is 5.11 Å². The molecule has 1 aliphatic rings. The van der Waals surface area contributed by atoms with Crippen LogP contribution in [0.25, 0.3) is 0 Å². The highest BCUT2D eigenvalue weighted by Crippen LogP contribution is 2.24. The molecule has 3 N–H and O–H groups in total. The highest BCUT2D eigenvalue weighted by Gasteiger charge is 2.25. The number of aliphatic hydroxyl groups excluding tert-OH is 1. The zero-order valence-electron chi connectivity index (χ0n) is 15.0. The van der Waals surface area contributed by atoms with Gasteiger partial charge in [0.25, 0.3) is 0 Å². The molecule has 1 saturated heterocycles. The van der Waals surface area contributed by atoms with Crippen molar-refractivity contribution in [2.45, 2.75) is 38.3 Å². The summed E-state index contributed by atoms with van der Waals surface area (Å²) in [7, 11) is 0. The molecule has 3 nitrogen and oxygen atoms in total. The van der Waals surface area contributed by atoms with E-state index in [-0.39, 0.29) is 6.10 Å². The molecule has 0 aliphatic carbocycles. The van der Waals surface area contributed by atoms with Crippen molar-refractivity contribution in [2.75, 3.05) is 19.6 Å². The molecule has 0 saturated carbocycles. The average Bonchev–Trinajstić information content (AvgIpc) is 2.65. The number of nitrogens with zero attached hydrogens (tertiary/aromatic N) is 1. The number of hydrogen-bond acceptors (Lipinski definition) is 3. The third-order valence-electron chi connectivity index (χ3n) is 5.33. The summed E-state index contributed by atoms with van der Waals surface area (Å²) < 4.78 is 0. The third-order valence-corrected chi connectivity index (χ3v) is 5.33. The van der Waals surface area contributed by atoms with Gasteiger partial charge in [0.1, 0.15) is 0 Å². The molecule has 1 aliphatic heterocycles. The maximum absolute atomic E-state index is 10.6. The molecule has 0 bridgehead atoms. The van der Waals surface area contributed by atoms with Crippen molar-refractivity contribution in [1.29, 1.82) is 0 Å². The fourth-order valence-corrected chi connectivity index (χ4v) is 3.75. The van der Waals surface area contributed by atoms with Crippen LogP contribution in [0.5, 0.6) is 0 Å². The SMILES string of the molecule is NCCc1ccc(CN2CCC([C@H](O)Cc3ccccc3)CC2)cc1. The van der Waals surface area contributed by atoms with Gasteiger partial charge < -0.3 is 10.8 Å². The smallest absolute Gasteiger partial charge is 0.0609 e. The molecule has 0 spiro atoms. The van der Waals surface area contributed by atoms with Crippen molar-refractivity contribution in [3.05, 3.63) is 71.3 Å². The molecule has 2 aromatic carbocycles. The Balaban J connectivity index is 1.45. The predicted molar refractivity (Wildman–Crippen MR) is 103 cm³/mol. The lowest BCUT2D eigenvalue weighted by Crippen LogP contribution is -2.38. The van der Waals surface area contributed by atoms with Crippen LogP contribution in [-0.2, 0) is 19.4 Å². The van der Waals surface area contributed by atoms with E-state index in [1.807, 2.05) is 18.2 Å². The Hall–Kier alpha value is -1.68. The van der Waals surface area contributed by atoms with Crippen molar-refractivity contribution >= 4 is 0 Å². The van der Waals surface area contributed by atoms with Gasteiger partial charge in [-0.3, -0.25) is 4.90 Å². The minimum Gasteiger partial charge on any atom is -0.392 e. The lowest BCUT2D eigenvalue weighted by molar-refractivity contribution is 0.0576. The second-order valence-corrected chi connectivity index (χ2v) is 7.23. The maximum Gasteiger partial charge on any atom is 0.0609 e. The second-order valence-electron chi connectivity index (χ2n) is 7.23. The van der Waals surface area contributed by atoms with Crippen LogP contribution < -0.4 is 5.73 Å². The molecular weight excluding hydrogens is 308 g/mol. The van der Waals surface area contributed by atoms with Crippen LogP contribution in [0.4, 0.5) is 0 Å². The van der Waals surface area contributed by atoms with E-state index in [2.05, 4.69) is 41.3 Å². The molecule has 0 aromatic heterocycles. The van der Waals surface area contributed by atoms with Gasteiger partial charge in [0.05, 0.1) is 6.10 Å². The summed E-state index contributed by atoms with van der Waals surface area (Å²) in [5, 5.41) is 10.6. The Labute approximate surface area is 151 Å². The van der Waals surface area contributed by atoms with Crippen molar-refractivity contribution in [1.82, 2.24) is 4.90 Å². The Kier molecular flexibility index (Phi) is 6.62. The molecule has 134 valence electrons. The van der Waals surface area contributed by atoms with Crippen LogP contribution in [-0.4, -0.2) is 35.7 Å². The quantitative estimate of drug-likeness (QED) is 0.816. The van der Waals surface area contributed by atoms with Crippen LogP contribution >= 0.6 is 0 Å². The van der Waals surface area contributed by atoms with Gasteiger partial charge in [-0.15, -0.1) is 0 Å². The minimum absolute atomic E-state index is 0.222. The number of nitrogens with two attached hydrogens (primary N) is 1. The normalized spacial score (nSPS) is 17.5. The number of benzene rings is 2. The molecule has 1 heterocycles. The molecule has 2 aromatic rings. The zero-order valence-corrected chi connectivity index (χ0v) is 15.0. The Morgan fingerprint density at radius 1 is 0.920 bits per heavy atom. The monoisotopic (exact) mass is 338 g/mol. The topological polar surface area (TPSA) is 49.5 Å². The number of likely N-dealkylation sites (tertiary alicyclic amines) is 1. The van der Waals surface area contributed by atoms with Crippen LogP contribution in [0.1, 0.15) is 29.5 Å². The number of rotatable bonds is 7. The number of hydrogen-bond donors (Lipinski definition) is 2. The first-order chi connectivity index (χ1) is 12.2. The van der Waals surface area contributed by atoms with E-state index in [0.29, 0.717) is 12.5 Å². The molecular formula is C22H30N2O. The molecule has 0 amide bonds. The van der Waals surface area contributed by atoms with Gasteiger partial charge in [0, 0.05) is 6.54 Å². The molecule has 1 atom stereocenters. The summed E-state index contributed by atoms with van der Waals surface area (Å²) in [4.78, 5) is 2.50. The van der Waals surface area contributed by atoms with E-state index in [1.165, 1.54) is 16.7 Å². The first-order valence-corrected chi connectivity index (χ1v) is 9.47. The molecule has 3 heteroatoms. The first-order valence-electron chi connectivity index (χ1n) is 9.47. The van der Waals surface area contributed by atoms with Gasteiger partial charge in [-0.25, -0.2) is 0 Å². The lowest BCUT2D eigenvalue weighted by atomic mass is 9.88. The van der Waals surface area contributed by atoms with Crippen LogP contribution in [0.3, 0.4) is 0 Å². The third kappa shape index (κ3) is 5.40.